The number of pyridine rings is 1. The highest BCUT2D eigenvalue weighted by atomic mass is 19.4. The molecule has 2 rings (SSSR count). The molecule has 3 nitrogen and oxygen atoms in total. The third-order valence-electron chi connectivity index (χ3n) is 2.80. The Balaban J connectivity index is 2.22. The predicted molar refractivity (Wildman–Crippen MR) is 68.4 cm³/mol. The van der Waals surface area contributed by atoms with Gasteiger partial charge in [0.2, 0.25) is 0 Å². The molecule has 1 amide bonds. The van der Waals surface area contributed by atoms with Gasteiger partial charge < -0.3 is 4.90 Å². The summed E-state index contributed by atoms with van der Waals surface area (Å²) in [6, 6.07) is 7.48. The zero-order valence-electron chi connectivity index (χ0n) is 10.6. The number of halogens is 3. The highest BCUT2D eigenvalue weighted by molar-refractivity contribution is 6.05. The van der Waals surface area contributed by atoms with E-state index in [0.717, 1.165) is 24.3 Å². The van der Waals surface area contributed by atoms with Crippen molar-refractivity contribution in [3.8, 4) is 0 Å². The van der Waals surface area contributed by atoms with Crippen LogP contribution in [0.4, 0.5) is 18.9 Å². The first-order valence-corrected chi connectivity index (χ1v) is 5.75. The number of carbonyl (C=O) groups excluding carboxylic acids is 1. The number of rotatable bonds is 2. The zero-order chi connectivity index (χ0) is 14.8. The smallest absolute Gasteiger partial charge is 0.310 e. The minimum atomic E-state index is -4.41. The van der Waals surface area contributed by atoms with Crippen molar-refractivity contribution >= 4 is 11.6 Å². The summed E-state index contributed by atoms with van der Waals surface area (Å²) in [5.41, 5.74) is -0.0279. The van der Waals surface area contributed by atoms with Gasteiger partial charge in [-0.1, -0.05) is 0 Å². The molecule has 1 aromatic carbocycles. The van der Waals surface area contributed by atoms with Gasteiger partial charge in [0, 0.05) is 18.8 Å². The maximum absolute atomic E-state index is 12.4. The SMILES string of the molecule is CN(C(=O)c1ccc(C(F)(F)F)cc1)c1cccnc1. The molecule has 0 atom stereocenters. The molecule has 0 spiro atoms. The van der Waals surface area contributed by atoms with Crippen LogP contribution in [0.5, 0.6) is 0 Å². The average molecular weight is 280 g/mol. The van der Waals surface area contributed by atoms with Crippen LogP contribution in [0.2, 0.25) is 0 Å². The van der Waals surface area contributed by atoms with Crippen molar-refractivity contribution in [2.24, 2.45) is 0 Å². The van der Waals surface area contributed by atoms with Crippen LogP contribution in [-0.2, 0) is 6.18 Å². The highest BCUT2D eigenvalue weighted by Crippen LogP contribution is 2.29. The monoisotopic (exact) mass is 280 g/mol. The molecule has 0 fully saturated rings. The van der Waals surface area contributed by atoms with Gasteiger partial charge in [-0.3, -0.25) is 9.78 Å². The van der Waals surface area contributed by atoms with Gasteiger partial charge in [0.05, 0.1) is 17.4 Å². The summed E-state index contributed by atoms with van der Waals surface area (Å²) in [5, 5.41) is 0. The predicted octanol–water partition coefficient (Wildman–Crippen LogP) is 3.38. The molecule has 0 saturated heterocycles. The quantitative estimate of drug-likeness (QED) is 0.845. The van der Waals surface area contributed by atoms with Crippen molar-refractivity contribution in [2.45, 2.75) is 6.18 Å². The summed E-state index contributed by atoms with van der Waals surface area (Å²) in [6.07, 6.45) is -1.33. The van der Waals surface area contributed by atoms with Crippen molar-refractivity contribution in [1.29, 1.82) is 0 Å². The molecule has 1 aromatic heterocycles. The maximum atomic E-state index is 12.4. The van der Waals surface area contributed by atoms with E-state index in [9.17, 15) is 18.0 Å². The average Bonchev–Trinajstić information content (AvgIpc) is 2.46. The van der Waals surface area contributed by atoms with Crippen LogP contribution in [0, 0.1) is 0 Å². The van der Waals surface area contributed by atoms with Crippen molar-refractivity contribution in [2.75, 3.05) is 11.9 Å². The van der Waals surface area contributed by atoms with Crippen LogP contribution < -0.4 is 4.90 Å². The van der Waals surface area contributed by atoms with Gasteiger partial charge in [0.15, 0.2) is 0 Å². The maximum Gasteiger partial charge on any atom is 0.416 e. The van der Waals surface area contributed by atoms with E-state index in [1.807, 2.05) is 0 Å². The van der Waals surface area contributed by atoms with Crippen LogP contribution in [0.25, 0.3) is 0 Å². The van der Waals surface area contributed by atoms with Gasteiger partial charge >= 0.3 is 6.18 Å². The van der Waals surface area contributed by atoms with Crippen molar-refractivity contribution in [1.82, 2.24) is 4.98 Å². The van der Waals surface area contributed by atoms with Crippen LogP contribution in [0.1, 0.15) is 15.9 Å². The van der Waals surface area contributed by atoms with Gasteiger partial charge in [-0.2, -0.15) is 13.2 Å². The molecule has 104 valence electrons. The summed E-state index contributed by atoms with van der Waals surface area (Å²) in [7, 11) is 1.54. The van der Waals surface area contributed by atoms with Crippen molar-refractivity contribution in [3.63, 3.8) is 0 Å². The molecule has 0 radical (unpaired) electrons. The van der Waals surface area contributed by atoms with E-state index in [0.29, 0.717) is 5.69 Å². The highest BCUT2D eigenvalue weighted by Gasteiger charge is 2.30. The minimum Gasteiger partial charge on any atom is -0.310 e. The number of hydrogen-bond donors (Lipinski definition) is 0. The fourth-order valence-corrected chi connectivity index (χ4v) is 1.66. The molecule has 0 bridgehead atoms. The molecular formula is C14H11F3N2O. The molecule has 0 aliphatic rings. The number of amides is 1. The molecule has 0 unspecified atom stereocenters. The molecular weight excluding hydrogens is 269 g/mol. The second-order valence-corrected chi connectivity index (χ2v) is 4.15. The largest absolute Gasteiger partial charge is 0.416 e. The van der Waals surface area contributed by atoms with Gasteiger partial charge in [-0.25, -0.2) is 0 Å². The number of hydrogen-bond acceptors (Lipinski definition) is 2. The number of carbonyl (C=O) groups is 1. The molecule has 0 aliphatic heterocycles. The lowest BCUT2D eigenvalue weighted by Crippen LogP contribution is -2.26. The summed E-state index contributed by atoms with van der Waals surface area (Å²) < 4.78 is 37.3. The first-order chi connectivity index (χ1) is 9.39. The van der Waals surface area contributed by atoms with Crippen molar-refractivity contribution < 1.29 is 18.0 Å². The van der Waals surface area contributed by atoms with E-state index in [-0.39, 0.29) is 5.56 Å². The van der Waals surface area contributed by atoms with Gasteiger partial charge in [0.25, 0.3) is 5.91 Å². The summed E-state index contributed by atoms with van der Waals surface area (Å²) in [4.78, 5) is 17.3. The van der Waals surface area contributed by atoms with E-state index < -0.39 is 17.6 Å². The van der Waals surface area contributed by atoms with Crippen LogP contribution in [0.15, 0.2) is 48.8 Å². The molecule has 0 saturated carbocycles. The Kier molecular flexibility index (Phi) is 3.74. The Morgan fingerprint density at radius 2 is 1.80 bits per heavy atom. The second kappa shape index (κ2) is 5.32. The zero-order valence-corrected chi connectivity index (χ0v) is 10.6. The number of alkyl halides is 3. The fraction of sp³-hybridized carbons (Fsp3) is 0.143. The molecule has 0 N–H and O–H groups in total. The fourth-order valence-electron chi connectivity index (χ4n) is 1.66. The third-order valence-corrected chi connectivity index (χ3v) is 2.80. The number of aromatic nitrogens is 1. The number of anilines is 1. The lowest BCUT2D eigenvalue weighted by atomic mass is 10.1. The Morgan fingerprint density at radius 3 is 2.30 bits per heavy atom. The molecule has 1 heterocycles. The summed E-state index contributed by atoms with van der Waals surface area (Å²) in [5.74, 6) is -0.397. The summed E-state index contributed by atoms with van der Waals surface area (Å²) >= 11 is 0. The van der Waals surface area contributed by atoms with Crippen molar-refractivity contribution in [3.05, 3.63) is 59.9 Å². The number of nitrogens with zero attached hydrogens (tertiary/aromatic N) is 2. The first kappa shape index (κ1) is 14.0. The lowest BCUT2D eigenvalue weighted by Gasteiger charge is -2.17. The van der Waals surface area contributed by atoms with Crippen LogP contribution in [0.3, 0.4) is 0 Å². The van der Waals surface area contributed by atoms with Gasteiger partial charge in [-0.15, -0.1) is 0 Å². The molecule has 6 heteroatoms. The van der Waals surface area contributed by atoms with Gasteiger partial charge in [-0.05, 0) is 36.4 Å². The Morgan fingerprint density at radius 1 is 1.15 bits per heavy atom. The van der Waals surface area contributed by atoms with Gasteiger partial charge in [0.1, 0.15) is 0 Å². The number of benzene rings is 1. The second-order valence-electron chi connectivity index (χ2n) is 4.15. The van der Waals surface area contributed by atoms with E-state index in [2.05, 4.69) is 4.98 Å². The Bertz CT molecular complexity index is 594. The standard InChI is InChI=1S/C14H11F3N2O/c1-19(12-3-2-8-18-9-12)13(20)10-4-6-11(7-5-10)14(15,16)17/h2-9H,1H3. The van der Waals surface area contributed by atoms with E-state index in [1.165, 1.54) is 18.1 Å². The molecule has 2 aromatic rings. The topological polar surface area (TPSA) is 33.2 Å². The molecule has 20 heavy (non-hydrogen) atoms. The Hall–Kier alpha value is -2.37. The first-order valence-electron chi connectivity index (χ1n) is 5.75. The van der Waals surface area contributed by atoms with E-state index in [4.69, 9.17) is 0 Å². The van der Waals surface area contributed by atoms with Crippen LogP contribution >= 0.6 is 0 Å². The lowest BCUT2D eigenvalue weighted by molar-refractivity contribution is -0.137. The molecule has 0 aliphatic carbocycles. The van der Waals surface area contributed by atoms with Crippen LogP contribution in [-0.4, -0.2) is 17.9 Å². The third kappa shape index (κ3) is 2.96. The van der Waals surface area contributed by atoms with E-state index >= 15 is 0 Å². The van der Waals surface area contributed by atoms with E-state index in [1.54, 1.807) is 18.3 Å². The Labute approximate surface area is 113 Å². The summed E-state index contributed by atoms with van der Waals surface area (Å²) in [6.45, 7) is 0. The minimum absolute atomic E-state index is 0.185. The normalized spacial score (nSPS) is 11.2.